The Hall–Kier alpha value is -1.98. The molecule has 2 aliphatic rings. The summed E-state index contributed by atoms with van der Waals surface area (Å²) in [6.07, 6.45) is 2.85. The summed E-state index contributed by atoms with van der Waals surface area (Å²) in [4.78, 5) is 25.4. The Morgan fingerprint density at radius 2 is 1.87 bits per heavy atom. The smallest absolute Gasteiger partial charge is 0.247 e. The molecule has 0 bridgehead atoms. The molecule has 1 heterocycles. The summed E-state index contributed by atoms with van der Waals surface area (Å²) >= 11 is 7.72. The van der Waals surface area contributed by atoms with E-state index in [0.717, 1.165) is 29.1 Å². The number of aryl methyl sites for hydroxylation is 1. The lowest BCUT2D eigenvalue weighted by molar-refractivity contribution is -0.145. The van der Waals surface area contributed by atoms with Crippen molar-refractivity contribution in [1.82, 2.24) is 9.62 Å². The number of carbonyl (C=O) groups excluding carboxylic acids is 2. The van der Waals surface area contributed by atoms with Crippen molar-refractivity contribution in [2.45, 2.75) is 42.3 Å². The minimum atomic E-state index is -4.03. The first kappa shape index (κ1) is 22.2. The van der Waals surface area contributed by atoms with Gasteiger partial charge in [-0.2, -0.15) is 0 Å². The summed E-state index contributed by atoms with van der Waals surface area (Å²) in [5.74, 6) is -1.75. The van der Waals surface area contributed by atoms with E-state index in [9.17, 15) is 23.1 Å². The molecule has 3 N–H and O–H groups in total. The van der Waals surface area contributed by atoms with Gasteiger partial charge in [-0.1, -0.05) is 11.6 Å². The van der Waals surface area contributed by atoms with Crippen molar-refractivity contribution < 1.29 is 23.1 Å². The number of carbonyl (C=O) groups is 2. The highest BCUT2D eigenvalue weighted by atomic mass is 35.5. The number of phenolic OH excluding ortho intramolecular Hbond substituents is 1. The van der Waals surface area contributed by atoms with Gasteiger partial charge in [0.25, 0.3) is 0 Å². The molecule has 1 fully saturated rings. The second-order valence-electron chi connectivity index (χ2n) is 7.80. The molecular formula is C20H22ClN3O5S2. The van der Waals surface area contributed by atoms with Gasteiger partial charge in [-0.25, -0.2) is 12.7 Å². The quantitative estimate of drug-likeness (QED) is 0.426. The van der Waals surface area contributed by atoms with Crippen LogP contribution in [0.1, 0.15) is 29.3 Å². The van der Waals surface area contributed by atoms with Gasteiger partial charge in [-0.15, -0.1) is 11.3 Å². The van der Waals surface area contributed by atoms with E-state index < -0.39 is 44.3 Å². The highest BCUT2D eigenvalue weighted by molar-refractivity contribution is 7.89. The zero-order valence-electron chi connectivity index (χ0n) is 16.9. The highest BCUT2D eigenvalue weighted by Crippen LogP contribution is 2.39. The number of aromatic hydroxyl groups is 1. The highest BCUT2D eigenvalue weighted by Gasteiger charge is 2.50. The van der Waals surface area contributed by atoms with E-state index in [1.807, 2.05) is 11.4 Å². The molecule has 11 heteroatoms. The molecule has 3 atom stereocenters. The van der Waals surface area contributed by atoms with Crippen LogP contribution in [0, 0.1) is 0 Å². The van der Waals surface area contributed by atoms with Crippen LogP contribution in [0.2, 0.25) is 5.02 Å². The number of hydrogen-bond acceptors (Lipinski definition) is 8. The molecule has 0 radical (unpaired) electrons. The Morgan fingerprint density at radius 1 is 1.16 bits per heavy atom. The van der Waals surface area contributed by atoms with Crippen LogP contribution in [0.25, 0.3) is 0 Å². The number of ketones is 2. The van der Waals surface area contributed by atoms with Gasteiger partial charge in [-0.3, -0.25) is 14.9 Å². The summed E-state index contributed by atoms with van der Waals surface area (Å²) in [5.41, 5.74) is 1.16. The van der Waals surface area contributed by atoms with E-state index in [4.69, 9.17) is 11.6 Å². The second kappa shape index (κ2) is 8.18. The van der Waals surface area contributed by atoms with Crippen molar-refractivity contribution in [3.63, 3.8) is 0 Å². The van der Waals surface area contributed by atoms with Gasteiger partial charge in [0.15, 0.2) is 5.75 Å². The number of halogens is 1. The fraction of sp³-hybridized carbons (Fsp3) is 0.400. The molecule has 1 saturated carbocycles. The standard InChI is InChI=1S/C20H22ClN3O5S2/c1-24(2)31(28,29)20-11(21)6-7-13(17(20)25)23-16-15(18(26)19(16)27)22-12-4-3-5-14-10(12)8-9-30-14/h6-9,12,15-16,22-23,25H,3-5H2,1-2H3. The molecular weight excluding hydrogens is 462 g/mol. The van der Waals surface area contributed by atoms with E-state index in [0.29, 0.717) is 0 Å². The molecule has 3 unspecified atom stereocenters. The monoisotopic (exact) mass is 483 g/mol. The van der Waals surface area contributed by atoms with Crippen LogP contribution in [0.3, 0.4) is 0 Å². The van der Waals surface area contributed by atoms with Crippen molar-refractivity contribution >= 4 is 50.2 Å². The van der Waals surface area contributed by atoms with Crippen molar-refractivity contribution in [3.8, 4) is 5.75 Å². The predicted octanol–water partition coefficient (Wildman–Crippen LogP) is 2.33. The number of rotatable bonds is 6. The van der Waals surface area contributed by atoms with Crippen LogP contribution in [-0.2, 0) is 26.0 Å². The normalized spacial score (nSPS) is 23.5. The van der Waals surface area contributed by atoms with Crippen molar-refractivity contribution in [2.24, 2.45) is 0 Å². The van der Waals surface area contributed by atoms with Crippen molar-refractivity contribution in [2.75, 3.05) is 19.4 Å². The molecule has 0 aliphatic heterocycles. The lowest BCUT2D eigenvalue weighted by atomic mass is 9.81. The fourth-order valence-corrected chi connectivity index (χ4v) is 6.44. The Bertz CT molecular complexity index is 1160. The molecule has 31 heavy (non-hydrogen) atoms. The number of Topliss-reactive ketones (excluding diaryl/α,β-unsaturated/α-hetero) is 2. The average molecular weight is 484 g/mol. The molecule has 0 amide bonds. The largest absolute Gasteiger partial charge is 0.504 e. The lowest BCUT2D eigenvalue weighted by Crippen LogP contribution is -2.67. The number of phenols is 1. The first-order valence-electron chi connectivity index (χ1n) is 9.74. The third-order valence-corrected chi connectivity index (χ3v) is 9.02. The second-order valence-corrected chi connectivity index (χ2v) is 11.3. The molecule has 1 aromatic heterocycles. The average Bonchev–Trinajstić information content (AvgIpc) is 3.21. The number of thiophene rings is 1. The Morgan fingerprint density at radius 3 is 2.58 bits per heavy atom. The van der Waals surface area contributed by atoms with Gasteiger partial charge < -0.3 is 10.4 Å². The van der Waals surface area contributed by atoms with Crippen LogP contribution >= 0.6 is 22.9 Å². The Kier molecular flexibility index (Phi) is 5.86. The number of benzene rings is 1. The summed E-state index contributed by atoms with van der Waals surface area (Å²) in [5, 5.41) is 18.6. The first-order valence-corrected chi connectivity index (χ1v) is 12.4. The molecule has 0 saturated heterocycles. The molecule has 0 spiro atoms. The number of hydrogen-bond donors (Lipinski definition) is 3. The van der Waals surface area contributed by atoms with E-state index in [1.54, 1.807) is 11.3 Å². The van der Waals surface area contributed by atoms with Crippen LogP contribution in [-0.4, -0.2) is 55.6 Å². The number of nitrogens with one attached hydrogen (secondary N) is 2. The van der Waals surface area contributed by atoms with Gasteiger partial charge in [0, 0.05) is 25.0 Å². The number of nitrogens with zero attached hydrogens (tertiary/aromatic N) is 1. The van der Waals surface area contributed by atoms with Crippen LogP contribution in [0.5, 0.6) is 5.75 Å². The van der Waals surface area contributed by atoms with Gasteiger partial charge >= 0.3 is 0 Å². The van der Waals surface area contributed by atoms with E-state index >= 15 is 0 Å². The van der Waals surface area contributed by atoms with Crippen molar-refractivity contribution in [1.29, 1.82) is 0 Å². The molecule has 4 rings (SSSR count). The van der Waals surface area contributed by atoms with Crippen molar-refractivity contribution in [3.05, 3.63) is 39.0 Å². The SMILES string of the molecule is CN(C)S(=O)(=O)c1c(Cl)ccc(NC2C(=O)C(=O)C2NC2CCCc3sccc32)c1O. The zero-order valence-corrected chi connectivity index (χ0v) is 19.3. The Balaban J connectivity index is 1.59. The predicted molar refractivity (Wildman–Crippen MR) is 118 cm³/mol. The Labute approximate surface area is 189 Å². The molecule has 2 aliphatic carbocycles. The maximum absolute atomic E-state index is 12.6. The lowest BCUT2D eigenvalue weighted by Gasteiger charge is -2.38. The zero-order chi connectivity index (χ0) is 22.5. The summed E-state index contributed by atoms with van der Waals surface area (Å²) in [6.45, 7) is 0. The third-order valence-electron chi connectivity index (χ3n) is 5.71. The van der Waals surface area contributed by atoms with Crippen LogP contribution < -0.4 is 10.6 Å². The molecule has 2 aromatic rings. The van der Waals surface area contributed by atoms with Gasteiger partial charge in [0.2, 0.25) is 21.6 Å². The van der Waals surface area contributed by atoms with Crippen LogP contribution in [0.15, 0.2) is 28.5 Å². The van der Waals surface area contributed by atoms with E-state index in [-0.39, 0.29) is 16.8 Å². The minimum absolute atomic E-state index is 0.0161. The van der Waals surface area contributed by atoms with Gasteiger partial charge in [-0.05, 0) is 48.4 Å². The van der Waals surface area contributed by atoms with E-state index in [2.05, 4.69) is 10.6 Å². The number of sulfonamides is 1. The minimum Gasteiger partial charge on any atom is -0.504 e. The maximum atomic E-state index is 12.6. The number of anilines is 1. The van der Waals surface area contributed by atoms with Gasteiger partial charge in [0.05, 0.1) is 10.7 Å². The summed E-state index contributed by atoms with van der Waals surface area (Å²) in [7, 11) is -1.38. The third kappa shape index (κ3) is 3.76. The topological polar surface area (TPSA) is 116 Å². The van der Waals surface area contributed by atoms with Crippen LogP contribution in [0.4, 0.5) is 5.69 Å². The van der Waals surface area contributed by atoms with E-state index in [1.165, 1.54) is 31.1 Å². The molecule has 166 valence electrons. The molecule has 1 aromatic carbocycles. The molecule has 8 nitrogen and oxygen atoms in total. The summed E-state index contributed by atoms with van der Waals surface area (Å²) in [6, 6.07) is 3.02. The van der Waals surface area contributed by atoms with Gasteiger partial charge in [0.1, 0.15) is 17.0 Å². The number of fused-ring (bicyclic) bond motifs is 1. The fourth-order valence-electron chi connectivity index (χ4n) is 3.97. The maximum Gasteiger partial charge on any atom is 0.247 e. The first-order chi connectivity index (χ1) is 14.6. The summed E-state index contributed by atoms with van der Waals surface area (Å²) < 4.78 is 26.0.